The van der Waals surface area contributed by atoms with Crippen LogP contribution in [0.4, 0.5) is 18.9 Å². The van der Waals surface area contributed by atoms with Gasteiger partial charge in [0.2, 0.25) is 0 Å². The summed E-state index contributed by atoms with van der Waals surface area (Å²) in [5, 5.41) is 2.74. The van der Waals surface area contributed by atoms with Crippen molar-refractivity contribution in [3.05, 3.63) is 108 Å². The zero-order valence-corrected chi connectivity index (χ0v) is 17.9. The molecule has 0 fully saturated rings. The summed E-state index contributed by atoms with van der Waals surface area (Å²) in [5.41, 5.74) is 3.53. The van der Waals surface area contributed by atoms with Crippen molar-refractivity contribution in [2.75, 3.05) is 5.32 Å². The van der Waals surface area contributed by atoms with E-state index in [2.05, 4.69) is 15.3 Å². The van der Waals surface area contributed by atoms with Crippen LogP contribution in [0.2, 0.25) is 0 Å². The molecule has 0 atom stereocenters. The third-order valence-corrected chi connectivity index (χ3v) is 5.51. The molecular formula is C26H17F3N4O. The monoisotopic (exact) mass is 458 g/mol. The summed E-state index contributed by atoms with van der Waals surface area (Å²) in [5.74, 6) is -2.71. The predicted molar refractivity (Wildman–Crippen MR) is 123 cm³/mol. The van der Waals surface area contributed by atoms with Gasteiger partial charge < -0.3 is 5.32 Å². The zero-order valence-electron chi connectivity index (χ0n) is 17.9. The Labute approximate surface area is 192 Å². The summed E-state index contributed by atoms with van der Waals surface area (Å²) in [4.78, 5) is 21.6. The summed E-state index contributed by atoms with van der Waals surface area (Å²) in [6.07, 6.45) is 3.14. The Morgan fingerprint density at radius 1 is 0.941 bits per heavy atom. The van der Waals surface area contributed by atoms with Gasteiger partial charge in [-0.1, -0.05) is 12.1 Å². The molecule has 0 aliphatic rings. The number of fused-ring (bicyclic) bond motifs is 1. The van der Waals surface area contributed by atoms with Crippen LogP contribution in [0.1, 0.15) is 16.1 Å². The second-order valence-corrected chi connectivity index (χ2v) is 7.68. The number of halogens is 3. The fraction of sp³-hybridized carbons (Fsp3) is 0.0385. The fourth-order valence-corrected chi connectivity index (χ4v) is 3.78. The number of carbonyl (C=O) groups excluding carboxylic acids is 1. The van der Waals surface area contributed by atoms with E-state index in [1.807, 2.05) is 6.07 Å². The standard InChI is InChI=1S/C26H17F3N4O/c1-15-20(26(34)32-18-10-8-17(27)9-11-18)12-16(13-30-15)22-6-3-7-23-25(31-14-33(22)23)19-4-2-5-21(28)24(19)29/h2-14H,1H3,(H,32,34). The van der Waals surface area contributed by atoms with Crippen LogP contribution in [0, 0.1) is 24.4 Å². The van der Waals surface area contributed by atoms with Gasteiger partial charge >= 0.3 is 0 Å². The third-order valence-electron chi connectivity index (χ3n) is 5.51. The van der Waals surface area contributed by atoms with Crippen molar-refractivity contribution in [3.8, 4) is 22.5 Å². The number of amides is 1. The number of aromatic nitrogens is 3. The molecule has 8 heteroatoms. The van der Waals surface area contributed by atoms with Crippen molar-refractivity contribution in [2.45, 2.75) is 6.92 Å². The van der Waals surface area contributed by atoms with E-state index < -0.39 is 23.4 Å². The number of hydrogen-bond donors (Lipinski definition) is 1. The lowest BCUT2D eigenvalue weighted by molar-refractivity contribution is 0.102. The highest BCUT2D eigenvalue weighted by molar-refractivity contribution is 6.05. The molecular weight excluding hydrogens is 441 g/mol. The predicted octanol–water partition coefficient (Wildman–Crippen LogP) is 6.04. The first-order valence-corrected chi connectivity index (χ1v) is 10.4. The molecule has 0 aliphatic carbocycles. The maximum Gasteiger partial charge on any atom is 0.257 e. The number of imidazole rings is 1. The molecule has 1 N–H and O–H groups in total. The van der Waals surface area contributed by atoms with Crippen LogP contribution in [0.15, 0.2) is 79.3 Å². The number of hydrogen-bond acceptors (Lipinski definition) is 3. The van der Waals surface area contributed by atoms with E-state index in [1.165, 1.54) is 42.7 Å². The van der Waals surface area contributed by atoms with E-state index in [9.17, 15) is 18.0 Å². The minimum Gasteiger partial charge on any atom is -0.322 e. The van der Waals surface area contributed by atoms with Crippen LogP contribution < -0.4 is 5.32 Å². The summed E-state index contributed by atoms with van der Waals surface area (Å²) in [6, 6.07) is 16.4. The summed E-state index contributed by atoms with van der Waals surface area (Å²) >= 11 is 0. The Balaban J connectivity index is 1.55. The molecule has 5 aromatic rings. The summed E-state index contributed by atoms with van der Waals surface area (Å²) in [6.45, 7) is 1.71. The van der Waals surface area contributed by atoms with E-state index in [1.54, 1.807) is 35.7 Å². The van der Waals surface area contributed by atoms with Crippen molar-refractivity contribution >= 4 is 17.1 Å². The highest BCUT2D eigenvalue weighted by atomic mass is 19.2. The molecule has 0 saturated heterocycles. The Bertz CT molecular complexity index is 1540. The van der Waals surface area contributed by atoms with E-state index in [0.717, 1.165) is 6.07 Å². The van der Waals surface area contributed by atoms with Gasteiger partial charge in [0.15, 0.2) is 11.6 Å². The maximum atomic E-state index is 14.4. The van der Waals surface area contributed by atoms with Gasteiger partial charge in [-0.2, -0.15) is 0 Å². The number of aryl methyl sites for hydroxylation is 1. The molecule has 0 spiro atoms. The van der Waals surface area contributed by atoms with Gasteiger partial charge in [0, 0.05) is 23.0 Å². The highest BCUT2D eigenvalue weighted by Crippen LogP contribution is 2.30. The van der Waals surface area contributed by atoms with Gasteiger partial charge in [-0.05, 0) is 61.5 Å². The SMILES string of the molecule is Cc1ncc(-c2cccc3c(-c4cccc(F)c4F)ncn23)cc1C(=O)Nc1ccc(F)cc1. The third kappa shape index (κ3) is 3.79. The Morgan fingerprint density at radius 2 is 1.71 bits per heavy atom. The first-order valence-electron chi connectivity index (χ1n) is 10.4. The minimum absolute atomic E-state index is 0.0565. The molecule has 168 valence electrons. The van der Waals surface area contributed by atoms with E-state index in [-0.39, 0.29) is 5.56 Å². The molecule has 1 amide bonds. The van der Waals surface area contributed by atoms with Gasteiger partial charge in [-0.25, -0.2) is 18.2 Å². The van der Waals surface area contributed by atoms with Gasteiger partial charge in [-0.15, -0.1) is 0 Å². The number of rotatable bonds is 4. The van der Waals surface area contributed by atoms with Gasteiger partial charge in [0.1, 0.15) is 12.1 Å². The summed E-state index contributed by atoms with van der Waals surface area (Å²) in [7, 11) is 0. The smallest absolute Gasteiger partial charge is 0.257 e. The van der Waals surface area contributed by atoms with Gasteiger partial charge in [-0.3, -0.25) is 14.2 Å². The normalized spacial score (nSPS) is 11.1. The quantitative estimate of drug-likeness (QED) is 0.357. The summed E-state index contributed by atoms with van der Waals surface area (Å²) < 4.78 is 43.1. The average Bonchev–Trinajstić information content (AvgIpc) is 3.27. The number of carbonyl (C=O) groups is 1. The molecule has 0 bridgehead atoms. The molecule has 3 aromatic heterocycles. The molecule has 2 aromatic carbocycles. The second-order valence-electron chi connectivity index (χ2n) is 7.68. The lowest BCUT2D eigenvalue weighted by Crippen LogP contribution is -2.14. The van der Waals surface area contributed by atoms with E-state index in [0.29, 0.717) is 39.4 Å². The molecule has 5 rings (SSSR count). The molecule has 0 unspecified atom stereocenters. The number of benzene rings is 2. The first-order chi connectivity index (χ1) is 16.4. The molecule has 5 nitrogen and oxygen atoms in total. The van der Waals surface area contributed by atoms with Crippen LogP contribution >= 0.6 is 0 Å². The second kappa shape index (κ2) is 8.47. The van der Waals surface area contributed by atoms with Crippen molar-refractivity contribution in [2.24, 2.45) is 0 Å². The number of anilines is 1. The molecule has 0 aliphatic heterocycles. The zero-order chi connectivity index (χ0) is 23.8. The number of nitrogens with one attached hydrogen (secondary N) is 1. The van der Waals surface area contributed by atoms with E-state index >= 15 is 0 Å². The van der Waals surface area contributed by atoms with Gasteiger partial charge in [0.25, 0.3) is 5.91 Å². The molecule has 3 heterocycles. The van der Waals surface area contributed by atoms with Crippen LogP contribution in [-0.4, -0.2) is 20.3 Å². The van der Waals surface area contributed by atoms with Crippen molar-refractivity contribution < 1.29 is 18.0 Å². The maximum absolute atomic E-state index is 14.4. The minimum atomic E-state index is -0.967. The van der Waals surface area contributed by atoms with Crippen molar-refractivity contribution in [1.29, 1.82) is 0 Å². The van der Waals surface area contributed by atoms with Gasteiger partial charge in [0.05, 0.1) is 28.2 Å². The van der Waals surface area contributed by atoms with Crippen LogP contribution in [0.5, 0.6) is 0 Å². The lowest BCUT2D eigenvalue weighted by atomic mass is 10.1. The van der Waals surface area contributed by atoms with Crippen molar-refractivity contribution in [3.63, 3.8) is 0 Å². The largest absolute Gasteiger partial charge is 0.322 e. The molecule has 0 saturated carbocycles. The molecule has 0 radical (unpaired) electrons. The van der Waals surface area contributed by atoms with Crippen LogP contribution in [0.3, 0.4) is 0 Å². The van der Waals surface area contributed by atoms with Crippen molar-refractivity contribution in [1.82, 2.24) is 14.4 Å². The van der Waals surface area contributed by atoms with E-state index in [4.69, 9.17) is 0 Å². The average molecular weight is 458 g/mol. The first kappa shape index (κ1) is 21.4. The Kier molecular flexibility index (Phi) is 5.33. The lowest BCUT2D eigenvalue weighted by Gasteiger charge is -2.11. The van der Waals surface area contributed by atoms with Crippen LogP contribution in [-0.2, 0) is 0 Å². The van der Waals surface area contributed by atoms with Crippen LogP contribution in [0.25, 0.3) is 28.0 Å². The molecule has 34 heavy (non-hydrogen) atoms. The Morgan fingerprint density at radius 3 is 2.50 bits per heavy atom. The topological polar surface area (TPSA) is 59.3 Å². The Hall–Kier alpha value is -4.46. The number of pyridine rings is 2. The highest BCUT2D eigenvalue weighted by Gasteiger charge is 2.18. The fourth-order valence-electron chi connectivity index (χ4n) is 3.78. The number of nitrogens with zero attached hydrogens (tertiary/aromatic N) is 3.